The molecule has 0 radical (unpaired) electrons. The summed E-state index contributed by atoms with van der Waals surface area (Å²) < 4.78 is 1.03. The first kappa shape index (κ1) is 13.8. The Morgan fingerprint density at radius 2 is 1.95 bits per heavy atom. The number of H-pyrrole nitrogens is 1. The standard InChI is InChI=1S/C16H12BrN3OS/c17-11-7-5-10(6-8-11)15-20(14(21)9-22-15)16-18-12-3-1-2-4-13(12)19-16/h1-8,15H,9H2,(H,18,19). The van der Waals surface area contributed by atoms with Crippen molar-refractivity contribution < 1.29 is 4.79 Å². The highest BCUT2D eigenvalue weighted by Gasteiger charge is 2.35. The number of imidazole rings is 1. The van der Waals surface area contributed by atoms with E-state index in [-0.39, 0.29) is 11.3 Å². The Balaban J connectivity index is 1.76. The predicted octanol–water partition coefficient (Wildman–Crippen LogP) is 4.10. The Morgan fingerprint density at radius 3 is 2.73 bits per heavy atom. The Labute approximate surface area is 140 Å². The van der Waals surface area contributed by atoms with Crippen LogP contribution in [0.15, 0.2) is 53.0 Å². The summed E-state index contributed by atoms with van der Waals surface area (Å²) in [7, 11) is 0. The number of hydrogen-bond donors (Lipinski definition) is 1. The van der Waals surface area contributed by atoms with Crippen molar-refractivity contribution in [1.82, 2.24) is 9.97 Å². The van der Waals surface area contributed by atoms with E-state index >= 15 is 0 Å². The van der Waals surface area contributed by atoms with Crippen LogP contribution in [0.2, 0.25) is 0 Å². The molecule has 3 aromatic rings. The minimum absolute atomic E-state index is 0.0406. The second-order valence-corrected chi connectivity index (χ2v) is 7.04. The van der Waals surface area contributed by atoms with Crippen LogP contribution in [0, 0.1) is 0 Å². The predicted molar refractivity (Wildman–Crippen MR) is 92.9 cm³/mol. The number of nitrogens with zero attached hydrogens (tertiary/aromatic N) is 2. The fourth-order valence-corrected chi connectivity index (χ4v) is 4.00. The second-order valence-electron chi connectivity index (χ2n) is 5.06. The molecular weight excluding hydrogens is 362 g/mol. The number of fused-ring (bicyclic) bond motifs is 1. The van der Waals surface area contributed by atoms with Crippen molar-refractivity contribution in [2.24, 2.45) is 0 Å². The highest BCUT2D eigenvalue weighted by Crippen LogP contribution is 2.41. The van der Waals surface area contributed by atoms with Crippen LogP contribution < -0.4 is 4.90 Å². The van der Waals surface area contributed by atoms with Crippen LogP contribution in [-0.2, 0) is 4.79 Å². The summed E-state index contributed by atoms with van der Waals surface area (Å²) in [5, 5.41) is -0.0406. The molecule has 2 heterocycles. The van der Waals surface area contributed by atoms with Gasteiger partial charge in [0, 0.05) is 4.47 Å². The van der Waals surface area contributed by atoms with E-state index in [0.29, 0.717) is 11.7 Å². The van der Waals surface area contributed by atoms with E-state index in [2.05, 4.69) is 25.9 Å². The third-order valence-electron chi connectivity index (χ3n) is 3.63. The molecule has 1 fully saturated rings. The van der Waals surface area contributed by atoms with Crippen LogP contribution in [0.3, 0.4) is 0 Å². The SMILES string of the molecule is O=C1CSC(c2ccc(Br)cc2)N1c1nc2ccccc2[nH]1. The zero-order valence-corrected chi connectivity index (χ0v) is 13.9. The molecule has 0 saturated carbocycles. The molecular formula is C16H12BrN3OS. The number of hydrogen-bond acceptors (Lipinski definition) is 3. The molecule has 4 rings (SSSR count). The van der Waals surface area contributed by atoms with Gasteiger partial charge in [-0.1, -0.05) is 40.2 Å². The average Bonchev–Trinajstić information content (AvgIpc) is 3.11. The second kappa shape index (κ2) is 5.44. The number of carbonyl (C=O) groups is 1. The fraction of sp³-hybridized carbons (Fsp3) is 0.125. The van der Waals surface area contributed by atoms with E-state index in [1.165, 1.54) is 0 Å². The fourth-order valence-electron chi connectivity index (χ4n) is 2.58. The quantitative estimate of drug-likeness (QED) is 0.735. The van der Waals surface area contributed by atoms with Crippen LogP contribution in [0.4, 0.5) is 5.95 Å². The minimum atomic E-state index is -0.0406. The summed E-state index contributed by atoms with van der Waals surface area (Å²) in [4.78, 5) is 21.9. The van der Waals surface area contributed by atoms with Gasteiger partial charge in [-0.15, -0.1) is 11.8 Å². The van der Waals surface area contributed by atoms with Gasteiger partial charge in [-0.25, -0.2) is 4.98 Å². The highest BCUT2D eigenvalue weighted by atomic mass is 79.9. The normalized spacial score (nSPS) is 18.3. The Morgan fingerprint density at radius 1 is 1.18 bits per heavy atom. The largest absolute Gasteiger partial charge is 0.324 e. The van der Waals surface area contributed by atoms with Gasteiger partial charge in [0.25, 0.3) is 0 Å². The van der Waals surface area contributed by atoms with Crippen molar-refractivity contribution in [2.45, 2.75) is 5.37 Å². The van der Waals surface area contributed by atoms with Gasteiger partial charge in [-0.2, -0.15) is 0 Å². The number of amides is 1. The van der Waals surface area contributed by atoms with Crippen LogP contribution in [0.1, 0.15) is 10.9 Å². The molecule has 1 unspecified atom stereocenters. The summed E-state index contributed by atoms with van der Waals surface area (Å²) in [6.45, 7) is 0. The number of para-hydroxylation sites is 2. The van der Waals surface area contributed by atoms with Gasteiger partial charge in [0.15, 0.2) is 0 Å². The maximum absolute atomic E-state index is 12.3. The van der Waals surface area contributed by atoms with Gasteiger partial charge < -0.3 is 4.98 Å². The van der Waals surface area contributed by atoms with Gasteiger partial charge in [-0.05, 0) is 29.8 Å². The lowest BCUT2D eigenvalue weighted by Gasteiger charge is -2.21. The highest BCUT2D eigenvalue weighted by molar-refractivity contribution is 9.10. The van der Waals surface area contributed by atoms with E-state index in [1.54, 1.807) is 16.7 Å². The molecule has 1 N–H and O–H groups in total. The van der Waals surface area contributed by atoms with Crippen molar-refractivity contribution in [3.05, 3.63) is 58.6 Å². The zero-order valence-electron chi connectivity index (χ0n) is 11.5. The van der Waals surface area contributed by atoms with Crippen LogP contribution >= 0.6 is 27.7 Å². The van der Waals surface area contributed by atoms with E-state index in [1.807, 2.05) is 48.5 Å². The number of benzene rings is 2. The molecule has 1 amide bonds. The van der Waals surface area contributed by atoms with E-state index in [0.717, 1.165) is 21.1 Å². The van der Waals surface area contributed by atoms with E-state index in [4.69, 9.17) is 0 Å². The van der Waals surface area contributed by atoms with Gasteiger partial charge in [0.2, 0.25) is 11.9 Å². The molecule has 6 heteroatoms. The molecule has 110 valence electrons. The lowest BCUT2D eigenvalue weighted by atomic mass is 10.2. The van der Waals surface area contributed by atoms with Gasteiger partial charge in [0.1, 0.15) is 5.37 Å². The number of anilines is 1. The van der Waals surface area contributed by atoms with Crippen molar-refractivity contribution in [3.63, 3.8) is 0 Å². The van der Waals surface area contributed by atoms with Crippen molar-refractivity contribution in [1.29, 1.82) is 0 Å². The van der Waals surface area contributed by atoms with Crippen molar-refractivity contribution in [2.75, 3.05) is 10.7 Å². The Kier molecular flexibility index (Phi) is 3.43. The number of nitrogens with one attached hydrogen (secondary N) is 1. The lowest BCUT2D eigenvalue weighted by Crippen LogP contribution is -2.28. The molecule has 22 heavy (non-hydrogen) atoms. The maximum atomic E-state index is 12.3. The molecule has 1 aliphatic rings. The number of rotatable bonds is 2. The van der Waals surface area contributed by atoms with Gasteiger partial charge in [0.05, 0.1) is 16.8 Å². The summed E-state index contributed by atoms with van der Waals surface area (Å²) in [6, 6.07) is 15.9. The van der Waals surface area contributed by atoms with Gasteiger partial charge >= 0.3 is 0 Å². The molecule has 4 nitrogen and oxygen atoms in total. The summed E-state index contributed by atoms with van der Waals surface area (Å²) >= 11 is 5.07. The van der Waals surface area contributed by atoms with E-state index < -0.39 is 0 Å². The molecule has 0 spiro atoms. The molecule has 2 aromatic carbocycles. The smallest absolute Gasteiger partial charge is 0.240 e. The maximum Gasteiger partial charge on any atom is 0.240 e. The zero-order chi connectivity index (χ0) is 15.1. The number of halogens is 1. The molecule has 0 bridgehead atoms. The van der Waals surface area contributed by atoms with Crippen molar-refractivity contribution in [3.8, 4) is 0 Å². The average molecular weight is 374 g/mol. The number of aromatic nitrogens is 2. The van der Waals surface area contributed by atoms with Crippen LogP contribution in [0.25, 0.3) is 11.0 Å². The number of aromatic amines is 1. The third-order valence-corrected chi connectivity index (χ3v) is 5.37. The molecule has 0 aliphatic carbocycles. The van der Waals surface area contributed by atoms with Crippen LogP contribution in [-0.4, -0.2) is 21.6 Å². The first-order valence-corrected chi connectivity index (χ1v) is 8.70. The summed E-state index contributed by atoms with van der Waals surface area (Å²) in [5.41, 5.74) is 2.91. The third kappa shape index (κ3) is 2.32. The van der Waals surface area contributed by atoms with Crippen molar-refractivity contribution >= 4 is 50.6 Å². The molecule has 1 atom stereocenters. The summed E-state index contributed by atoms with van der Waals surface area (Å²) in [6.07, 6.45) is 0. The molecule has 1 aliphatic heterocycles. The van der Waals surface area contributed by atoms with Gasteiger partial charge in [-0.3, -0.25) is 9.69 Å². The molecule has 1 aromatic heterocycles. The Hall–Kier alpha value is -1.79. The Bertz CT molecular complexity index is 813. The monoisotopic (exact) mass is 373 g/mol. The lowest BCUT2D eigenvalue weighted by molar-refractivity contribution is -0.115. The topological polar surface area (TPSA) is 49.0 Å². The molecule has 1 saturated heterocycles. The number of carbonyl (C=O) groups excluding carboxylic acids is 1. The number of thioether (sulfide) groups is 1. The van der Waals surface area contributed by atoms with E-state index in [9.17, 15) is 4.79 Å². The first-order chi connectivity index (χ1) is 10.7. The first-order valence-electron chi connectivity index (χ1n) is 6.86. The van der Waals surface area contributed by atoms with Crippen LogP contribution in [0.5, 0.6) is 0 Å². The minimum Gasteiger partial charge on any atom is -0.324 e. The summed E-state index contributed by atoms with van der Waals surface area (Å²) in [5.74, 6) is 1.17.